The number of benzene rings is 2. The number of methoxy groups -OCH3 is 2. The Hall–Kier alpha value is -3.08. The van der Waals surface area contributed by atoms with E-state index in [1.54, 1.807) is 18.8 Å². The Morgan fingerprint density at radius 1 is 1.08 bits per heavy atom. The zero-order chi connectivity index (χ0) is 17.4. The van der Waals surface area contributed by atoms with Crippen LogP contribution in [-0.4, -0.2) is 23.8 Å². The van der Waals surface area contributed by atoms with E-state index in [0.717, 1.165) is 28.9 Å². The number of aromatic nitrogens is 2. The molecule has 126 valence electrons. The highest BCUT2D eigenvalue weighted by atomic mass is 16.5. The summed E-state index contributed by atoms with van der Waals surface area (Å²) in [6.07, 6.45) is 2.84. The van der Waals surface area contributed by atoms with Crippen LogP contribution < -0.4 is 15.0 Å². The molecule has 0 N–H and O–H groups in total. The van der Waals surface area contributed by atoms with E-state index in [4.69, 9.17) is 14.5 Å². The predicted molar refractivity (Wildman–Crippen MR) is 98.0 cm³/mol. The van der Waals surface area contributed by atoms with Crippen LogP contribution in [0.25, 0.3) is 22.6 Å². The van der Waals surface area contributed by atoms with Crippen LogP contribution in [0.5, 0.6) is 11.5 Å². The zero-order valence-corrected chi connectivity index (χ0v) is 14.2. The van der Waals surface area contributed by atoms with Crippen LogP contribution in [0.1, 0.15) is 17.8 Å². The summed E-state index contributed by atoms with van der Waals surface area (Å²) < 4.78 is 12.4. The van der Waals surface area contributed by atoms with E-state index in [9.17, 15) is 4.79 Å². The van der Waals surface area contributed by atoms with Gasteiger partial charge in [0, 0.05) is 6.54 Å². The number of fused-ring (bicyclic) bond motifs is 2. The Kier molecular flexibility index (Phi) is 3.76. The van der Waals surface area contributed by atoms with Gasteiger partial charge in [-0.1, -0.05) is 18.2 Å². The summed E-state index contributed by atoms with van der Waals surface area (Å²) in [6.45, 7) is 0.658. The lowest BCUT2D eigenvalue weighted by atomic mass is 10.1. The summed E-state index contributed by atoms with van der Waals surface area (Å²) in [7, 11) is 3.23. The van der Waals surface area contributed by atoms with Crippen LogP contribution >= 0.6 is 0 Å². The van der Waals surface area contributed by atoms with E-state index in [1.165, 1.54) is 0 Å². The molecule has 1 aliphatic heterocycles. The Balaban J connectivity index is 1.83. The molecule has 5 heteroatoms. The molecule has 0 atom stereocenters. The molecule has 0 bridgehead atoms. The molecule has 25 heavy (non-hydrogen) atoms. The summed E-state index contributed by atoms with van der Waals surface area (Å²) in [5.41, 5.74) is 2.80. The summed E-state index contributed by atoms with van der Waals surface area (Å²) in [5, 5.41) is 0.665. The number of nitrogens with zero attached hydrogens (tertiary/aromatic N) is 2. The molecular formula is C20H18N2O3. The Morgan fingerprint density at radius 2 is 1.88 bits per heavy atom. The van der Waals surface area contributed by atoms with E-state index >= 15 is 0 Å². The van der Waals surface area contributed by atoms with Gasteiger partial charge in [0.1, 0.15) is 5.82 Å². The first-order valence-electron chi connectivity index (χ1n) is 8.14. The van der Waals surface area contributed by atoms with Gasteiger partial charge in [0.25, 0.3) is 5.56 Å². The first kappa shape index (κ1) is 15.4. The highest BCUT2D eigenvalue weighted by Gasteiger charge is 2.20. The highest BCUT2D eigenvalue weighted by Crippen LogP contribution is 2.31. The van der Waals surface area contributed by atoms with E-state index in [-0.39, 0.29) is 5.56 Å². The predicted octanol–water partition coefficient (Wildman–Crippen LogP) is 3.36. The molecule has 2 aromatic carbocycles. The molecule has 1 aliphatic rings. The first-order valence-corrected chi connectivity index (χ1v) is 8.14. The second kappa shape index (κ2) is 6.09. The average Bonchev–Trinajstić information content (AvgIpc) is 3.05. The van der Waals surface area contributed by atoms with Crippen LogP contribution in [0, 0.1) is 0 Å². The fourth-order valence-electron chi connectivity index (χ4n) is 3.25. The quantitative estimate of drug-likeness (QED) is 0.737. The van der Waals surface area contributed by atoms with E-state index in [2.05, 4.69) is 6.08 Å². The van der Waals surface area contributed by atoms with Crippen LogP contribution in [-0.2, 0) is 6.54 Å². The molecule has 0 unspecified atom stereocenters. The van der Waals surface area contributed by atoms with Crippen molar-refractivity contribution in [3.63, 3.8) is 0 Å². The number of allylic oxidation sites excluding steroid dienone is 1. The molecule has 0 amide bonds. The number of hydrogen-bond acceptors (Lipinski definition) is 4. The Bertz CT molecular complexity index is 1050. The van der Waals surface area contributed by atoms with Gasteiger partial charge in [-0.15, -0.1) is 0 Å². The first-order chi connectivity index (χ1) is 12.2. The van der Waals surface area contributed by atoms with Gasteiger partial charge >= 0.3 is 0 Å². The minimum Gasteiger partial charge on any atom is -0.493 e. The topological polar surface area (TPSA) is 53.4 Å². The molecule has 4 rings (SSSR count). The van der Waals surface area contributed by atoms with Crippen molar-refractivity contribution >= 4 is 22.6 Å². The summed E-state index contributed by atoms with van der Waals surface area (Å²) in [6, 6.07) is 13.2. The van der Waals surface area contributed by atoms with Crippen LogP contribution in [0.15, 0.2) is 47.3 Å². The number of ether oxygens (including phenoxy) is 2. The number of hydrogen-bond donors (Lipinski definition) is 0. The molecule has 3 aromatic rings. The van der Waals surface area contributed by atoms with E-state index < -0.39 is 0 Å². The maximum absolute atomic E-state index is 12.7. The lowest BCUT2D eigenvalue weighted by molar-refractivity contribution is 0.355. The molecule has 0 aliphatic carbocycles. The molecule has 5 nitrogen and oxygen atoms in total. The average molecular weight is 334 g/mol. The van der Waals surface area contributed by atoms with E-state index in [0.29, 0.717) is 23.4 Å². The van der Waals surface area contributed by atoms with Gasteiger partial charge in [0.2, 0.25) is 0 Å². The Morgan fingerprint density at radius 3 is 2.68 bits per heavy atom. The zero-order valence-electron chi connectivity index (χ0n) is 14.2. The van der Waals surface area contributed by atoms with Crippen LogP contribution in [0.3, 0.4) is 0 Å². The Labute approximate surface area is 145 Å². The molecule has 2 heterocycles. The SMILES string of the molecule is COc1ccc(/C=C2/CCn3c2nc2ccccc2c3=O)cc1OC. The third-order valence-electron chi connectivity index (χ3n) is 4.50. The molecule has 0 saturated heterocycles. The van der Waals surface area contributed by atoms with Gasteiger partial charge in [-0.25, -0.2) is 4.98 Å². The molecule has 0 spiro atoms. The van der Waals surface area contributed by atoms with Gasteiger partial charge in [-0.2, -0.15) is 0 Å². The number of rotatable bonds is 3. The van der Waals surface area contributed by atoms with Gasteiger partial charge in [0.05, 0.1) is 25.1 Å². The molecule has 0 saturated carbocycles. The summed E-state index contributed by atoms with van der Waals surface area (Å²) in [4.78, 5) is 17.4. The lowest BCUT2D eigenvalue weighted by Crippen LogP contribution is -2.20. The van der Waals surface area contributed by atoms with Crippen molar-refractivity contribution in [1.82, 2.24) is 9.55 Å². The molecular weight excluding hydrogens is 316 g/mol. The second-order valence-corrected chi connectivity index (χ2v) is 5.94. The fourth-order valence-corrected chi connectivity index (χ4v) is 3.25. The summed E-state index contributed by atoms with van der Waals surface area (Å²) >= 11 is 0. The fraction of sp³-hybridized carbons (Fsp3) is 0.200. The van der Waals surface area contributed by atoms with Crippen molar-refractivity contribution in [2.75, 3.05) is 14.2 Å². The maximum atomic E-state index is 12.7. The third kappa shape index (κ3) is 2.58. The second-order valence-electron chi connectivity index (χ2n) is 5.94. The van der Waals surface area contributed by atoms with Crippen molar-refractivity contribution in [2.45, 2.75) is 13.0 Å². The molecule has 0 fully saturated rings. The van der Waals surface area contributed by atoms with Gasteiger partial charge in [0.15, 0.2) is 11.5 Å². The van der Waals surface area contributed by atoms with Crippen molar-refractivity contribution in [2.24, 2.45) is 0 Å². The monoisotopic (exact) mass is 334 g/mol. The third-order valence-corrected chi connectivity index (χ3v) is 4.50. The molecule has 0 radical (unpaired) electrons. The van der Waals surface area contributed by atoms with Crippen molar-refractivity contribution in [1.29, 1.82) is 0 Å². The number of para-hydroxylation sites is 1. The van der Waals surface area contributed by atoms with Crippen LogP contribution in [0.2, 0.25) is 0 Å². The highest BCUT2D eigenvalue weighted by molar-refractivity contribution is 5.85. The minimum atomic E-state index is 0.0244. The standard InChI is InChI=1S/C20H18N2O3/c1-24-17-8-7-13(12-18(17)25-2)11-14-9-10-22-19(14)21-16-6-4-3-5-15(16)20(22)23/h3-8,11-12H,9-10H2,1-2H3/b14-11-. The molecule has 1 aromatic heterocycles. The van der Waals surface area contributed by atoms with Gasteiger partial charge in [-0.3, -0.25) is 9.36 Å². The minimum absolute atomic E-state index is 0.0244. The maximum Gasteiger partial charge on any atom is 0.261 e. The largest absolute Gasteiger partial charge is 0.493 e. The van der Waals surface area contributed by atoms with Crippen molar-refractivity contribution < 1.29 is 9.47 Å². The smallest absolute Gasteiger partial charge is 0.261 e. The van der Waals surface area contributed by atoms with Gasteiger partial charge in [-0.05, 0) is 47.9 Å². The normalized spacial score (nSPS) is 14.7. The summed E-state index contributed by atoms with van der Waals surface area (Å²) in [5.74, 6) is 2.12. The van der Waals surface area contributed by atoms with Crippen molar-refractivity contribution in [3.8, 4) is 11.5 Å². The lowest BCUT2D eigenvalue weighted by Gasteiger charge is -2.08. The van der Waals surface area contributed by atoms with E-state index in [1.807, 2.05) is 42.5 Å². The van der Waals surface area contributed by atoms with Crippen molar-refractivity contribution in [3.05, 3.63) is 64.2 Å². The van der Waals surface area contributed by atoms with Gasteiger partial charge < -0.3 is 9.47 Å². The van der Waals surface area contributed by atoms with Crippen LogP contribution in [0.4, 0.5) is 0 Å².